The molecule has 32 heavy (non-hydrogen) atoms. The maximum Gasteiger partial charge on any atom is 0.257 e. The highest BCUT2D eigenvalue weighted by Gasteiger charge is 2.41. The maximum absolute atomic E-state index is 13.1. The number of amides is 2. The summed E-state index contributed by atoms with van der Waals surface area (Å²) in [5, 5.41) is 0. The summed E-state index contributed by atoms with van der Waals surface area (Å²) >= 11 is 0. The number of hydrogen-bond acceptors (Lipinski definition) is 3. The van der Waals surface area contributed by atoms with Gasteiger partial charge >= 0.3 is 0 Å². The lowest BCUT2D eigenvalue weighted by Crippen LogP contribution is -2.50. The molecule has 0 saturated carbocycles. The van der Waals surface area contributed by atoms with Gasteiger partial charge in [-0.15, -0.1) is 0 Å². The van der Waals surface area contributed by atoms with E-state index < -0.39 is 5.41 Å². The van der Waals surface area contributed by atoms with Crippen molar-refractivity contribution in [3.63, 3.8) is 0 Å². The Morgan fingerprint density at radius 2 is 1.53 bits per heavy atom. The largest absolute Gasteiger partial charge is 0.496 e. The van der Waals surface area contributed by atoms with Crippen molar-refractivity contribution in [1.82, 2.24) is 4.90 Å². The molecule has 2 N–H and O–H groups in total. The lowest BCUT2D eigenvalue weighted by atomic mass is 9.72. The third kappa shape index (κ3) is 4.24. The molecule has 3 aromatic carbocycles. The van der Waals surface area contributed by atoms with Crippen LogP contribution in [0.25, 0.3) is 11.1 Å². The minimum Gasteiger partial charge on any atom is -0.496 e. The summed E-state index contributed by atoms with van der Waals surface area (Å²) < 4.78 is 5.35. The number of nitrogens with zero attached hydrogens (tertiary/aromatic N) is 1. The molecule has 0 bridgehead atoms. The van der Waals surface area contributed by atoms with Gasteiger partial charge in [0.05, 0.1) is 18.1 Å². The van der Waals surface area contributed by atoms with Gasteiger partial charge in [-0.3, -0.25) is 9.59 Å². The zero-order chi connectivity index (χ0) is 22.6. The molecule has 0 aliphatic carbocycles. The SMILES string of the molecule is COc1ccccc1C(=O)N1CCC(Cc2ccccc2-c2ccccc2)(C(N)=O)CC1. The van der Waals surface area contributed by atoms with E-state index in [1.165, 1.54) is 0 Å². The van der Waals surface area contributed by atoms with Gasteiger partial charge in [0, 0.05) is 13.1 Å². The Kier molecular flexibility index (Phi) is 6.26. The fraction of sp³-hybridized carbons (Fsp3) is 0.259. The van der Waals surface area contributed by atoms with E-state index in [0.29, 0.717) is 43.7 Å². The van der Waals surface area contributed by atoms with Crippen molar-refractivity contribution in [2.45, 2.75) is 19.3 Å². The molecule has 0 atom stereocenters. The van der Waals surface area contributed by atoms with Crippen molar-refractivity contribution in [1.29, 1.82) is 0 Å². The van der Waals surface area contributed by atoms with Gasteiger partial charge in [0.15, 0.2) is 0 Å². The van der Waals surface area contributed by atoms with Crippen LogP contribution >= 0.6 is 0 Å². The molecule has 1 aliphatic heterocycles. The minimum atomic E-state index is -0.678. The topological polar surface area (TPSA) is 72.6 Å². The van der Waals surface area contributed by atoms with Gasteiger partial charge < -0.3 is 15.4 Å². The molecule has 4 rings (SSSR count). The van der Waals surface area contributed by atoms with Crippen LogP contribution in [-0.4, -0.2) is 36.9 Å². The summed E-state index contributed by atoms with van der Waals surface area (Å²) in [4.78, 5) is 27.6. The zero-order valence-electron chi connectivity index (χ0n) is 18.3. The number of piperidine rings is 1. The van der Waals surface area contributed by atoms with Crippen LogP contribution in [0.1, 0.15) is 28.8 Å². The van der Waals surface area contributed by atoms with E-state index >= 15 is 0 Å². The summed E-state index contributed by atoms with van der Waals surface area (Å²) in [5.41, 5.74) is 9.14. The number of rotatable bonds is 6. The van der Waals surface area contributed by atoms with Crippen LogP contribution in [0.2, 0.25) is 0 Å². The van der Waals surface area contributed by atoms with Gasteiger partial charge in [-0.05, 0) is 48.1 Å². The number of methoxy groups -OCH3 is 1. The van der Waals surface area contributed by atoms with E-state index in [1.54, 1.807) is 24.1 Å². The van der Waals surface area contributed by atoms with E-state index in [9.17, 15) is 9.59 Å². The first-order chi connectivity index (χ1) is 15.5. The normalized spacial score (nSPS) is 15.2. The fourth-order valence-corrected chi connectivity index (χ4v) is 4.58. The number of nitrogens with two attached hydrogens (primary N) is 1. The number of primary amides is 1. The van der Waals surface area contributed by atoms with Crippen LogP contribution in [-0.2, 0) is 11.2 Å². The van der Waals surface area contributed by atoms with Gasteiger partial charge in [-0.2, -0.15) is 0 Å². The van der Waals surface area contributed by atoms with E-state index in [0.717, 1.165) is 16.7 Å². The second kappa shape index (κ2) is 9.27. The first-order valence-electron chi connectivity index (χ1n) is 10.9. The number of hydrogen-bond donors (Lipinski definition) is 1. The number of benzene rings is 3. The standard InChI is InChI=1S/C27H28N2O3/c1-32-24-14-8-7-13-23(24)25(30)29-17-15-27(16-18-29,26(28)31)19-21-11-5-6-12-22(21)20-9-3-2-4-10-20/h2-14H,15-19H2,1H3,(H2,28,31). The molecule has 164 valence electrons. The van der Waals surface area contributed by atoms with Crippen molar-refractivity contribution in [3.8, 4) is 16.9 Å². The van der Waals surface area contributed by atoms with Crippen LogP contribution < -0.4 is 10.5 Å². The Labute approximate surface area is 188 Å². The molecule has 0 spiro atoms. The Morgan fingerprint density at radius 3 is 2.22 bits per heavy atom. The summed E-state index contributed by atoms with van der Waals surface area (Å²) in [5.74, 6) is 0.177. The molecular weight excluding hydrogens is 400 g/mol. The lowest BCUT2D eigenvalue weighted by Gasteiger charge is -2.40. The van der Waals surface area contributed by atoms with Crippen LogP contribution in [0.15, 0.2) is 78.9 Å². The van der Waals surface area contributed by atoms with Gasteiger partial charge in [-0.1, -0.05) is 66.7 Å². The monoisotopic (exact) mass is 428 g/mol. The Bertz CT molecular complexity index is 1100. The summed E-state index contributed by atoms with van der Waals surface area (Å²) in [7, 11) is 1.56. The second-order valence-electron chi connectivity index (χ2n) is 8.34. The minimum absolute atomic E-state index is 0.0785. The summed E-state index contributed by atoms with van der Waals surface area (Å²) in [6.45, 7) is 0.959. The molecule has 0 aromatic heterocycles. The van der Waals surface area contributed by atoms with Crippen LogP contribution in [0.3, 0.4) is 0 Å². The Morgan fingerprint density at radius 1 is 0.906 bits per heavy atom. The van der Waals surface area contributed by atoms with Gasteiger partial charge in [0.25, 0.3) is 5.91 Å². The number of carbonyl (C=O) groups is 2. The molecule has 2 amide bonds. The average Bonchev–Trinajstić information content (AvgIpc) is 2.85. The molecule has 5 heteroatoms. The second-order valence-corrected chi connectivity index (χ2v) is 8.34. The third-order valence-corrected chi connectivity index (χ3v) is 6.50. The molecule has 0 unspecified atom stereocenters. The van der Waals surface area contributed by atoms with E-state index in [1.807, 2.05) is 42.5 Å². The molecular formula is C27H28N2O3. The number of likely N-dealkylation sites (tertiary alicyclic amines) is 1. The van der Waals surface area contributed by atoms with Crippen LogP contribution in [0.5, 0.6) is 5.75 Å². The quantitative estimate of drug-likeness (QED) is 0.636. The number of carbonyl (C=O) groups excluding carboxylic acids is 2. The number of para-hydroxylation sites is 1. The first-order valence-corrected chi connectivity index (χ1v) is 10.9. The molecule has 1 aliphatic rings. The summed E-state index contributed by atoms with van der Waals surface area (Å²) in [6.07, 6.45) is 1.63. The predicted octanol–water partition coefficient (Wildman–Crippen LogP) is 4.31. The first kappa shape index (κ1) is 21.6. The van der Waals surface area contributed by atoms with Crippen molar-refractivity contribution in [2.24, 2.45) is 11.1 Å². The molecule has 5 nitrogen and oxygen atoms in total. The van der Waals surface area contributed by atoms with Gasteiger partial charge in [0.1, 0.15) is 5.75 Å². The highest BCUT2D eigenvalue weighted by molar-refractivity contribution is 5.97. The van der Waals surface area contributed by atoms with Crippen molar-refractivity contribution < 1.29 is 14.3 Å². The van der Waals surface area contributed by atoms with Crippen molar-refractivity contribution >= 4 is 11.8 Å². The summed E-state index contributed by atoms with van der Waals surface area (Å²) in [6, 6.07) is 25.5. The highest BCUT2D eigenvalue weighted by Crippen LogP contribution is 2.38. The highest BCUT2D eigenvalue weighted by atomic mass is 16.5. The van der Waals surface area contributed by atoms with Gasteiger partial charge in [0.2, 0.25) is 5.91 Å². The number of ether oxygens (including phenoxy) is 1. The average molecular weight is 429 g/mol. The van der Waals surface area contributed by atoms with Gasteiger partial charge in [-0.25, -0.2) is 0 Å². The van der Waals surface area contributed by atoms with Crippen LogP contribution in [0, 0.1) is 5.41 Å². The zero-order valence-corrected chi connectivity index (χ0v) is 18.3. The Balaban J connectivity index is 1.55. The molecule has 3 aromatic rings. The van der Waals surface area contributed by atoms with E-state index in [2.05, 4.69) is 24.3 Å². The van der Waals surface area contributed by atoms with Crippen molar-refractivity contribution in [3.05, 3.63) is 90.0 Å². The van der Waals surface area contributed by atoms with E-state index in [4.69, 9.17) is 10.5 Å². The molecule has 1 fully saturated rings. The smallest absolute Gasteiger partial charge is 0.257 e. The maximum atomic E-state index is 13.1. The van der Waals surface area contributed by atoms with Crippen LogP contribution in [0.4, 0.5) is 0 Å². The molecule has 0 radical (unpaired) electrons. The predicted molar refractivity (Wildman–Crippen MR) is 125 cm³/mol. The van der Waals surface area contributed by atoms with E-state index in [-0.39, 0.29) is 11.8 Å². The van der Waals surface area contributed by atoms with Crippen molar-refractivity contribution in [2.75, 3.05) is 20.2 Å². The Hall–Kier alpha value is -3.60. The lowest BCUT2D eigenvalue weighted by molar-refractivity contribution is -0.130. The third-order valence-electron chi connectivity index (χ3n) is 6.50. The molecule has 1 heterocycles. The fourth-order valence-electron chi connectivity index (χ4n) is 4.58. The molecule has 1 saturated heterocycles.